The molecule has 1 aromatic rings. The van der Waals surface area contributed by atoms with Gasteiger partial charge in [-0.2, -0.15) is 0 Å². The second kappa shape index (κ2) is 3.32. The molecule has 0 radical (unpaired) electrons. The predicted molar refractivity (Wildman–Crippen MR) is 45.4 cm³/mol. The lowest BCUT2D eigenvalue weighted by atomic mass is 10.3. The van der Waals surface area contributed by atoms with E-state index in [-0.39, 0.29) is 4.47 Å². The molecule has 72 valence electrons. The van der Waals surface area contributed by atoms with E-state index < -0.39 is 26.6 Å². The second-order valence-corrected chi connectivity index (χ2v) is 4.57. The molecule has 13 heavy (non-hydrogen) atoms. The van der Waals surface area contributed by atoms with Gasteiger partial charge in [0.2, 0.25) is 10.0 Å². The van der Waals surface area contributed by atoms with Crippen molar-refractivity contribution in [2.45, 2.75) is 4.90 Å². The Kier molecular flexibility index (Phi) is 2.69. The highest BCUT2D eigenvalue weighted by atomic mass is 79.9. The van der Waals surface area contributed by atoms with Gasteiger partial charge in [0, 0.05) is 0 Å². The third-order valence-corrected chi connectivity index (χ3v) is 2.84. The van der Waals surface area contributed by atoms with Gasteiger partial charge in [-0.1, -0.05) is 0 Å². The van der Waals surface area contributed by atoms with Crippen molar-refractivity contribution < 1.29 is 17.2 Å². The maximum atomic E-state index is 13.0. The summed E-state index contributed by atoms with van der Waals surface area (Å²) in [6, 6.07) is 1.87. The molecule has 0 heterocycles. The van der Waals surface area contributed by atoms with Crippen LogP contribution < -0.4 is 5.14 Å². The van der Waals surface area contributed by atoms with Crippen LogP contribution >= 0.6 is 15.9 Å². The largest absolute Gasteiger partial charge is 0.243 e. The standard InChI is InChI=1S/C6H4BrF2NO2S/c7-3-1-2-4(8)6(5(3)9)13(10,11)12/h1-2H,(H2,10,11,12). The van der Waals surface area contributed by atoms with E-state index in [9.17, 15) is 17.2 Å². The summed E-state index contributed by atoms with van der Waals surface area (Å²) in [5.74, 6) is -2.43. The van der Waals surface area contributed by atoms with Crippen LogP contribution in [0.3, 0.4) is 0 Å². The van der Waals surface area contributed by atoms with Crippen molar-refractivity contribution in [3.05, 3.63) is 28.2 Å². The van der Waals surface area contributed by atoms with Crippen molar-refractivity contribution in [3.8, 4) is 0 Å². The summed E-state index contributed by atoms with van der Waals surface area (Å²) >= 11 is 2.71. The molecule has 1 rings (SSSR count). The van der Waals surface area contributed by atoms with E-state index in [4.69, 9.17) is 0 Å². The molecule has 3 nitrogen and oxygen atoms in total. The molecule has 0 aliphatic heterocycles. The minimum absolute atomic E-state index is 0.155. The van der Waals surface area contributed by atoms with Crippen LogP contribution in [0.5, 0.6) is 0 Å². The van der Waals surface area contributed by atoms with E-state index in [2.05, 4.69) is 21.1 Å². The number of hydrogen-bond acceptors (Lipinski definition) is 2. The summed E-state index contributed by atoms with van der Waals surface area (Å²) in [7, 11) is -4.37. The van der Waals surface area contributed by atoms with Gasteiger partial charge in [0.1, 0.15) is 5.82 Å². The summed E-state index contributed by atoms with van der Waals surface area (Å²) in [5, 5.41) is 4.60. The molecule has 0 amide bonds. The smallest absolute Gasteiger partial charge is 0.224 e. The van der Waals surface area contributed by atoms with Crippen molar-refractivity contribution in [2.24, 2.45) is 5.14 Å². The zero-order valence-corrected chi connectivity index (χ0v) is 8.49. The highest BCUT2D eigenvalue weighted by Gasteiger charge is 2.21. The highest BCUT2D eigenvalue weighted by molar-refractivity contribution is 9.10. The molecule has 0 fully saturated rings. The average Bonchev–Trinajstić information content (AvgIpc) is 1.95. The molecule has 0 atom stereocenters. The lowest BCUT2D eigenvalue weighted by Crippen LogP contribution is -2.16. The predicted octanol–water partition coefficient (Wildman–Crippen LogP) is 1.37. The molecule has 0 aliphatic rings. The van der Waals surface area contributed by atoms with Gasteiger partial charge in [-0.3, -0.25) is 0 Å². The Labute approximate surface area is 81.7 Å². The first-order valence-corrected chi connectivity index (χ1v) is 5.34. The maximum Gasteiger partial charge on any atom is 0.243 e. The number of benzene rings is 1. The number of sulfonamides is 1. The Hall–Kier alpha value is -0.530. The summed E-state index contributed by atoms with van der Waals surface area (Å²) in [4.78, 5) is -1.12. The minimum Gasteiger partial charge on any atom is -0.224 e. The number of nitrogens with two attached hydrogens (primary N) is 1. The van der Waals surface area contributed by atoms with Crippen LogP contribution in [0.4, 0.5) is 8.78 Å². The van der Waals surface area contributed by atoms with Crippen LogP contribution in [-0.2, 0) is 10.0 Å². The Morgan fingerprint density at radius 2 is 1.85 bits per heavy atom. The Morgan fingerprint density at radius 1 is 1.31 bits per heavy atom. The van der Waals surface area contributed by atoms with E-state index in [1.54, 1.807) is 0 Å². The SMILES string of the molecule is NS(=O)(=O)c1c(F)ccc(Br)c1F. The van der Waals surface area contributed by atoms with Crippen LogP contribution in [-0.4, -0.2) is 8.42 Å². The molecule has 1 aromatic carbocycles. The summed E-state index contributed by atoms with van der Waals surface area (Å²) in [5.41, 5.74) is 0. The molecule has 0 spiro atoms. The third kappa shape index (κ3) is 2.04. The van der Waals surface area contributed by atoms with Crippen LogP contribution in [0.15, 0.2) is 21.5 Å². The molecular weight excluding hydrogens is 268 g/mol. The second-order valence-electron chi connectivity index (χ2n) is 2.22. The first-order valence-electron chi connectivity index (χ1n) is 3.00. The number of hydrogen-bond donors (Lipinski definition) is 1. The van der Waals surface area contributed by atoms with E-state index in [1.807, 2.05) is 0 Å². The number of rotatable bonds is 1. The zero-order valence-electron chi connectivity index (χ0n) is 6.09. The van der Waals surface area contributed by atoms with Gasteiger partial charge in [-0.25, -0.2) is 22.3 Å². The maximum absolute atomic E-state index is 13.0. The summed E-state index contributed by atoms with van der Waals surface area (Å²) in [6.45, 7) is 0. The fraction of sp³-hybridized carbons (Fsp3) is 0. The summed E-state index contributed by atoms with van der Waals surface area (Å²) < 4.78 is 47.1. The average molecular weight is 272 g/mol. The Balaban J connectivity index is 3.62. The summed E-state index contributed by atoms with van der Waals surface area (Å²) in [6.07, 6.45) is 0. The van der Waals surface area contributed by atoms with Crippen LogP contribution in [0, 0.1) is 11.6 Å². The van der Waals surface area contributed by atoms with Crippen molar-refractivity contribution in [3.63, 3.8) is 0 Å². The zero-order chi connectivity index (χ0) is 10.2. The van der Waals surface area contributed by atoms with Gasteiger partial charge in [-0.05, 0) is 28.1 Å². The molecule has 0 bridgehead atoms. The topological polar surface area (TPSA) is 60.2 Å². The van der Waals surface area contributed by atoms with E-state index in [0.717, 1.165) is 12.1 Å². The van der Waals surface area contributed by atoms with Crippen LogP contribution in [0.2, 0.25) is 0 Å². The molecule has 0 aliphatic carbocycles. The first-order chi connectivity index (χ1) is 5.84. The molecule has 0 saturated carbocycles. The monoisotopic (exact) mass is 271 g/mol. The lowest BCUT2D eigenvalue weighted by molar-refractivity contribution is 0.516. The minimum atomic E-state index is -4.37. The quantitative estimate of drug-likeness (QED) is 0.785. The van der Waals surface area contributed by atoms with Gasteiger partial charge >= 0.3 is 0 Å². The Morgan fingerprint density at radius 3 is 2.23 bits per heavy atom. The van der Waals surface area contributed by atoms with Crippen molar-refractivity contribution in [1.82, 2.24) is 0 Å². The molecule has 2 N–H and O–H groups in total. The molecule has 0 saturated heterocycles. The van der Waals surface area contributed by atoms with Crippen molar-refractivity contribution in [2.75, 3.05) is 0 Å². The molecule has 7 heteroatoms. The number of halogens is 3. The Bertz CT molecular complexity index is 446. The first kappa shape index (κ1) is 10.6. The fourth-order valence-corrected chi connectivity index (χ4v) is 1.93. The van der Waals surface area contributed by atoms with E-state index in [1.165, 1.54) is 0 Å². The molecule has 0 unspecified atom stereocenters. The third-order valence-electron chi connectivity index (χ3n) is 1.29. The van der Waals surface area contributed by atoms with Gasteiger partial charge in [0.15, 0.2) is 10.7 Å². The van der Waals surface area contributed by atoms with Crippen molar-refractivity contribution >= 4 is 26.0 Å². The molecule has 0 aromatic heterocycles. The van der Waals surface area contributed by atoms with Crippen LogP contribution in [0.1, 0.15) is 0 Å². The molecular formula is C6H4BrF2NO2S. The highest BCUT2D eigenvalue weighted by Crippen LogP contribution is 2.24. The van der Waals surface area contributed by atoms with Gasteiger partial charge in [-0.15, -0.1) is 0 Å². The fourth-order valence-electron chi connectivity index (χ4n) is 0.769. The van der Waals surface area contributed by atoms with Gasteiger partial charge < -0.3 is 0 Å². The van der Waals surface area contributed by atoms with E-state index in [0.29, 0.717) is 0 Å². The van der Waals surface area contributed by atoms with Crippen molar-refractivity contribution in [1.29, 1.82) is 0 Å². The normalized spacial score (nSPS) is 11.7. The lowest BCUT2D eigenvalue weighted by Gasteiger charge is -2.02. The number of primary sulfonamides is 1. The van der Waals surface area contributed by atoms with Gasteiger partial charge in [0.05, 0.1) is 4.47 Å². The van der Waals surface area contributed by atoms with E-state index >= 15 is 0 Å². The van der Waals surface area contributed by atoms with Gasteiger partial charge in [0.25, 0.3) is 0 Å². The van der Waals surface area contributed by atoms with Crippen LogP contribution in [0.25, 0.3) is 0 Å².